The summed E-state index contributed by atoms with van der Waals surface area (Å²) in [5.41, 5.74) is 0.508. The van der Waals surface area contributed by atoms with E-state index in [2.05, 4.69) is 25.2 Å². The van der Waals surface area contributed by atoms with E-state index >= 15 is 0 Å². The fourth-order valence-electron chi connectivity index (χ4n) is 2.74. The molecule has 0 spiro atoms. The first-order valence-corrected chi connectivity index (χ1v) is 7.27. The predicted octanol–water partition coefficient (Wildman–Crippen LogP) is 2.85. The number of urea groups is 1. The van der Waals surface area contributed by atoms with Crippen molar-refractivity contribution in [2.24, 2.45) is 0 Å². The van der Waals surface area contributed by atoms with E-state index in [9.17, 15) is 4.79 Å². The minimum Gasteiger partial charge on any atom is -0.333 e. The van der Waals surface area contributed by atoms with E-state index in [1.807, 2.05) is 6.20 Å². The van der Waals surface area contributed by atoms with Crippen LogP contribution in [0.2, 0.25) is 5.15 Å². The summed E-state index contributed by atoms with van der Waals surface area (Å²) in [6.45, 7) is 0. The summed E-state index contributed by atoms with van der Waals surface area (Å²) in [4.78, 5) is 20.1. The Morgan fingerprint density at radius 1 is 1.38 bits per heavy atom. The molecule has 6 nitrogen and oxygen atoms in total. The number of imidazole rings is 1. The molecule has 0 aliphatic heterocycles. The van der Waals surface area contributed by atoms with Crippen LogP contribution in [0.1, 0.15) is 25.3 Å². The van der Waals surface area contributed by atoms with Gasteiger partial charge in [-0.25, -0.2) is 14.8 Å². The van der Waals surface area contributed by atoms with Crippen LogP contribution < -0.4 is 10.6 Å². The zero-order chi connectivity index (χ0) is 14.7. The molecule has 2 atom stereocenters. The van der Waals surface area contributed by atoms with Gasteiger partial charge in [0.05, 0.1) is 24.1 Å². The van der Waals surface area contributed by atoms with E-state index in [-0.39, 0.29) is 23.3 Å². The largest absolute Gasteiger partial charge is 0.333 e. The number of pyridine rings is 1. The molecule has 0 radical (unpaired) electrons. The van der Waals surface area contributed by atoms with Crippen LogP contribution in [0, 0.1) is 0 Å². The normalized spacial score (nSPS) is 21.2. The average molecular weight is 306 g/mol. The standard InChI is InChI=1S/C14H16ClN5O/c15-13-11(4-2-6-17-13)19-14(21)18-10-3-1-5-12(10)20-8-7-16-9-20/h2,4,6-10,12H,1,3,5H2,(H2,18,19,21)/t10-,12+/m0/s1. The maximum absolute atomic E-state index is 12.1. The molecular weight excluding hydrogens is 290 g/mol. The molecule has 2 amide bonds. The fourth-order valence-corrected chi connectivity index (χ4v) is 2.90. The molecule has 0 bridgehead atoms. The van der Waals surface area contributed by atoms with Gasteiger partial charge in [0.1, 0.15) is 0 Å². The van der Waals surface area contributed by atoms with Gasteiger partial charge in [0.25, 0.3) is 0 Å². The number of nitrogens with one attached hydrogen (secondary N) is 2. The van der Waals surface area contributed by atoms with Crippen LogP contribution in [-0.4, -0.2) is 26.6 Å². The third-order valence-electron chi connectivity index (χ3n) is 3.71. The number of rotatable bonds is 3. The molecule has 1 fully saturated rings. The summed E-state index contributed by atoms with van der Waals surface area (Å²) in [6, 6.07) is 3.53. The number of carbonyl (C=O) groups excluding carboxylic acids is 1. The summed E-state index contributed by atoms with van der Waals surface area (Å²) in [6.07, 6.45) is 10.1. The van der Waals surface area contributed by atoms with Gasteiger partial charge in [0, 0.05) is 18.6 Å². The van der Waals surface area contributed by atoms with Crippen molar-refractivity contribution in [2.45, 2.75) is 31.3 Å². The number of anilines is 1. The van der Waals surface area contributed by atoms with Gasteiger partial charge in [-0.1, -0.05) is 11.6 Å². The van der Waals surface area contributed by atoms with Crippen LogP contribution in [-0.2, 0) is 0 Å². The number of aromatic nitrogens is 3. The first kappa shape index (κ1) is 13.9. The Labute approximate surface area is 127 Å². The summed E-state index contributed by atoms with van der Waals surface area (Å²) >= 11 is 5.93. The van der Waals surface area contributed by atoms with Gasteiger partial charge in [-0.05, 0) is 31.4 Å². The average Bonchev–Trinajstić information content (AvgIpc) is 3.11. The fraction of sp³-hybridized carbons (Fsp3) is 0.357. The van der Waals surface area contributed by atoms with E-state index in [4.69, 9.17) is 11.6 Å². The molecular formula is C14H16ClN5O. The van der Waals surface area contributed by atoms with E-state index in [0.29, 0.717) is 5.69 Å². The number of nitrogens with zero attached hydrogens (tertiary/aromatic N) is 3. The van der Waals surface area contributed by atoms with Gasteiger partial charge in [-0.15, -0.1) is 0 Å². The highest BCUT2D eigenvalue weighted by molar-refractivity contribution is 6.32. The lowest BCUT2D eigenvalue weighted by Crippen LogP contribution is -2.40. The zero-order valence-electron chi connectivity index (χ0n) is 11.4. The van der Waals surface area contributed by atoms with Crippen molar-refractivity contribution in [3.8, 4) is 0 Å². The number of amides is 2. The topological polar surface area (TPSA) is 71.8 Å². The Morgan fingerprint density at radius 3 is 3.05 bits per heavy atom. The van der Waals surface area contributed by atoms with Crippen LogP contribution in [0.3, 0.4) is 0 Å². The molecule has 0 aromatic carbocycles. The lowest BCUT2D eigenvalue weighted by molar-refractivity contribution is 0.245. The highest BCUT2D eigenvalue weighted by atomic mass is 35.5. The number of hydrogen-bond acceptors (Lipinski definition) is 3. The van der Waals surface area contributed by atoms with Crippen LogP contribution in [0.15, 0.2) is 37.1 Å². The number of halogens is 1. The Morgan fingerprint density at radius 2 is 2.29 bits per heavy atom. The highest BCUT2D eigenvalue weighted by Gasteiger charge is 2.29. The minimum absolute atomic E-state index is 0.0923. The molecule has 110 valence electrons. The van der Waals surface area contributed by atoms with Crippen molar-refractivity contribution in [1.82, 2.24) is 19.9 Å². The van der Waals surface area contributed by atoms with Crippen molar-refractivity contribution in [1.29, 1.82) is 0 Å². The van der Waals surface area contributed by atoms with Crippen molar-refractivity contribution < 1.29 is 4.79 Å². The third-order valence-corrected chi connectivity index (χ3v) is 4.01. The Hall–Kier alpha value is -2.08. The lowest BCUT2D eigenvalue weighted by Gasteiger charge is -2.22. The smallest absolute Gasteiger partial charge is 0.319 e. The van der Waals surface area contributed by atoms with E-state index in [1.165, 1.54) is 0 Å². The van der Waals surface area contributed by atoms with Crippen LogP contribution in [0.4, 0.5) is 10.5 Å². The van der Waals surface area contributed by atoms with Gasteiger partial charge in [0.15, 0.2) is 5.15 Å². The van der Waals surface area contributed by atoms with E-state index in [1.54, 1.807) is 30.9 Å². The molecule has 21 heavy (non-hydrogen) atoms. The van der Waals surface area contributed by atoms with Crippen molar-refractivity contribution in [3.63, 3.8) is 0 Å². The first-order valence-electron chi connectivity index (χ1n) is 6.89. The maximum atomic E-state index is 12.1. The second-order valence-corrected chi connectivity index (χ2v) is 5.41. The van der Waals surface area contributed by atoms with Crippen LogP contribution in [0.25, 0.3) is 0 Å². The first-order chi connectivity index (χ1) is 10.2. The number of hydrogen-bond donors (Lipinski definition) is 2. The van der Waals surface area contributed by atoms with Gasteiger partial charge < -0.3 is 15.2 Å². The second kappa shape index (κ2) is 6.13. The molecule has 0 unspecified atom stereocenters. The van der Waals surface area contributed by atoms with Gasteiger partial charge in [0.2, 0.25) is 0 Å². The van der Waals surface area contributed by atoms with Crippen molar-refractivity contribution in [3.05, 3.63) is 42.2 Å². The third kappa shape index (κ3) is 3.16. The Bertz CT molecular complexity index is 616. The Kier molecular flexibility index (Phi) is 4.06. The monoisotopic (exact) mass is 305 g/mol. The van der Waals surface area contributed by atoms with E-state index < -0.39 is 0 Å². The maximum Gasteiger partial charge on any atom is 0.319 e. The second-order valence-electron chi connectivity index (χ2n) is 5.05. The molecule has 3 rings (SSSR count). The molecule has 1 saturated carbocycles. The quantitative estimate of drug-likeness (QED) is 0.857. The molecule has 1 aliphatic rings. The van der Waals surface area contributed by atoms with Crippen molar-refractivity contribution in [2.75, 3.05) is 5.32 Å². The molecule has 2 aromatic rings. The van der Waals surface area contributed by atoms with Crippen LogP contribution >= 0.6 is 11.6 Å². The predicted molar refractivity (Wildman–Crippen MR) is 80.3 cm³/mol. The molecule has 2 aromatic heterocycles. The molecule has 2 N–H and O–H groups in total. The van der Waals surface area contributed by atoms with Gasteiger partial charge in [-0.3, -0.25) is 0 Å². The molecule has 1 aliphatic carbocycles. The highest BCUT2D eigenvalue weighted by Crippen LogP contribution is 2.30. The van der Waals surface area contributed by atoms with Crippen molar-refractivity contribution >= 4 is 23.3 Å². The molecule has 0 saturated heterocycles. The summed E-state index contributed by atoms with van der Waals surface area (Å²) in [5.74, 6) is 0. The summed E-state index contributed by atoms with van der Waals surface area (Å²) < 4.78 is 2.05. The van der Waals surface area contributed by atoms with Gasteiger partial charge >= 0.3 is 6.03 Å². The number of carbonyl (C=O) groups is 1. The zero-order valence-corrected chi connectivity index (χ0v) is 12.1. The summed E-state index contributed by atoms with van der Waals surface area (Å²) in [5, 5.41) is 6.02. The summed E-state index contributed by atoms with van der Waals surface area (Å²) in [7, 11) is 0. The van der Waals surface area contributed by atoms with E-state index in [0.717, 1.165) is 19.3 Å². The molecule has 7 heteroatoms. The molecule has 2 heterocycles. The van der Waals surface area contributed by atoms with Crippen LogP contribution in [0.5, 0.6) is 0 Å². The minimum atomic E-state index is -0.262. The van der Waals surface area contributed by atoms with Gasteiger partial charge in [-0.2, -0.15) is 0 Å². The lowest BCUT2D eigenvalue weighted by atomic mass is 10.2. The SMILES string of the molecule is O=C(Nc1cccnc1Cl)N[C@H]1CCC[C@H]1n1ccnc1. The Balaban J connectivity index is 1.63.